The maximum Gasteiger partial charge on any atom is 0.241 e. The molecule has 2 aliphatic rings. The summed E-state index contributed by atoms with van der Waals surface area (Å²) in [5.74, 6) is 0.481. The van der Waals surface area contributed by atoms with Crippen LogP contribution in [0.15, 0.2) is 30.3 Å². The lowest BCUT2D eigenvalue weighted by Crippen LogP contribution is -2.55. The van der Waals surface area contributed by atoms with Crippen molar-refractivity contribution < 1.29 is 0 Å². The highest BCUT2D eigenvalue weighted by Crippen LogP contribution is 2.19. The Morgan fingerprint density at radius 2 is 1.55 bits per heavy atom. The zero-order valence-electron chi connectivity index (χ0n) is 17.2. The molecule has 8 nitrogen and oxygen atoms in total. The molecule has 0 saturated carbocycles. The number of piperazine rings is 1. The van der Waals surface area contributed by atoms with E-state index in [2.05, 4.69) is 56.1 Å². The molecule has 1 aromatic heterocycles. The quantitative estimate of drug-likeness (QED) is 0.791. The summed E-state index contributed by atoms with van der Waals surface area (Å²) in [4.78, 5) is 11.6. The van der Waals surface area contributed by atoms with Crippen molar-refractivity contribution in [2.45, 2.75) is 25.4 Å². The molecule has 0 amide bonds. The van der Waals surface area contributed by atoms with E-state index in [0.717, 1.165) is 37.4 Å². The summed E-state index contributed by atoms with van der Waals surface area (Å²) >= 11 is 0. The SMILES string of the molecule is CN1CCN(C(C=Cc2ccc(-n3nc(N)nc3N)cc2)N2CCCCC2)CC1. The second-order valence-corrected chi connectivity index (χ2v) is 8.04. The van der Waals surface area contributed by atoms with Crippen LogP contribution >= 0.6 is 0 Å². The van der Waals surface area contributed by atoms with Gasteiger partial charge in [-0.2, -0.15) is 9.67 Å². The summed E-state index contributed by atoms with van der Waals surface area (Å²) < 4.78 is 1.56. The van der Waals surface area contributed by atoms with Gasteiger partial charge in [0.25, 0.3) is 0 Å². The van der Waals surface area contributed by atoms with Gasteiger partial charge in [-0.1, -0.05) is 30.7 Å². The molecule has 2 fully saturated rings. The van der Waals surface area contributed by atoms with Gasteiger partial charge in [0.05, 0.1) is 11.9 Å². The van der Waals surface area contributed by atoms with Crippen molar-refractivity contribution in [1.82, 2.24) is 29.5 Å². The first-order chi connectivity index (χ1) is 14.1. The fraction of sp³-hybridized carbons (Fsp3) is 0.524. The monoisotopic (exact) mass is 396 g/mol. The van der Waals surface area contributed by atoms with Gasteiger partial charge in [0.1, 0.15) is 0 Å². The number of likely N-dealkylation sites (tertiary alicyclic amines) is 1. The molecule has 1 unspecified atom stereocenters. The van der Waals surface area contributed by atoms with Crippen LogP contribution in [-0.4, -0.2) is 81.9 Å². The fourth-order valence-electron chi connectivity index (χ4n) is 4.20. The lowest BCUT2D eigenvalue weighted by Gasteiger charge is -2.43. The Morgan fingerprint density at radius 1 is 0.897 bits per heavy atom. The molecule has 1 aromatic carbocycles. The van der Waals surface area contributed by atoms with Crippen molar-refractivity contribution in [2.75, 3.05) is 57.8 Å². The van der Waals surface area contributed by atoms with E-state index in [1.54, 1.807) is 4.68 Å². The van der Waals surface area contributed by atoms with Crippen LogP contribution in [-0.2, 0) is 0 Å². The highest BCUT2D eigenvalue weighted by atomic mass is 15.4. The summed E-state index contributed by atoms with van der Waals surface area (Å²) in [6.45, 7) is 6.88. The fourth-order valence-corrected chi connectivity index (χ4v) is 4.20. The van der Waals surface area contributed by atoms with Crippen LogP contribution in [0.25, 0.3) is 11.8 Å². The number of rotatable bonds is 5. The topological polar surface area (TPSA) is 92.5 Å². The van der Waals surface area contributed by atoms with Gasteiger partial charge in [-0.05, 0) is 50.7 Å². The van der Waals surface area contributed by atoms with Crippen LogP contribution < -0.4 is 11.5 Å². The molecule has 0 radical (unpaired) electrons. The molecular weight excluding hydrogens is 364 g/mol. The lowest BCUT2D eigenvalue weighted by atomic mass is 10.1. The van der Waals surface area contributed by atoms with Crippen molar-refractivity contribution in [3.63, 3.8) is 0 Å². The Labute approximate surface area is 172 Å². The third-order valence-electron chi connectivity index (χ3n) is 5.92. The first-order valence-corrected chi connectivity index (χ1v) is 10.5. The third kappa shape index (κ3) is 4.77. The maximum atomic E-state index is 5.87. The van der Waals surface area contributed by atoms with E-state index in [0.29, 0.717) is 12.1 Å². The molecule has 1 atom stereocenters. The van der Waals surface area contributed by atoms with Crippen LogP contribution in [0, 0.1) is 0 Å². The molecule has 3 heterocycles. The number of nitrogens with zero attached hydrogens (tertiary/aromatic N) is 6. The normalized spacial score (nSPS) is 21.0. The molecular formula is C21H32N8. The molecule has 156 valence electrons. The molecule has 4 rings (SSSR count). The van der Waals surface area contributed by atoms with Crippen LogP contribution in [0.2, 0.25) is 0 Å². The average Bonchev–Trinajstić information content (AvgIpc) is 3.09. The predicted molar refractivity (Wildman–Crippen MR) is 117 cm³/mol. The molecule has 4 N–H and O–H groups in total. The first-order valence-electron chi connectivity index (χ1n) is 10.5. The number of benzene rings is 1. The average molecular weight is 397 g/mol. The Bertz CT molecular complexity index is 814. The molecule has 0 aliphatic carbocycles. The zero-order chi connectivity index (χ0) is 20.2. The lowest BCUT2D eigenvalue weighted by molar-refractivity contribution is 0.0302. The number of aromatic nitrogens is 3. The Balaban J connectivity index is 1.49. The smallest absolute Gasteiger partial charge is 0.241 e. The summed E-state index contributed by atoms with van der Waals surface area (Å²) in [7, 11) is 2.21. The summed E-state index contributed by atoms with van der Waals surface area (Å²) in [6, 6.07) is 8.16. The van der Waals surface area contributed by atoms with E-state index >= 15 is 0 Å². The van der Waals surface area contributed by atoms with E-state index in [-0.39, 0.29) is 5.95 Å². The number of piperidine rings is 1. The number of hydrogen-bond donors (Lipinski definition) is 2. The van der Waals surface area contributed by atoms with E-state index in [1.165, 1.54) is 32.4 Å². The largest absolute Gasteiger partial charge is 0.368 e. The second kappa shape index (κ2) is 8.94. The van der Waals surface area contributed by atoms with Gasteiger partial charge in [0.2, 0.25) is 11.9 Å². The summed E-state index contributed by atoms with van der Waals surface area (Å²) in [5.41, 5.74) is 13.5. The van der Waals surface area contributed by atoms with Crippen molar-refractivity contribution in [1.29, 1.82) is 0 Å². The van der Waals surface area contributed by atoms with E-state index in [1.807, 2.05) is 12.1 Å². The van der Waals surface area contributed by atoms with E-state index < -0.39 is 0 Å². The minimum Gasteiger partial charge on any atom is -0.368 e. The molecule has 2 aliphatic heterocycles. The third-order valence-corrected chi connectivity index (χ3v) is 5.92. The van der Waals surface area contributed by atoms with Crippen LogP contribution in [0.4, 0.5) is 11.9 Å². The Kier molecular flexibility index (Phi) is 6.13. The number of hydrogen-bond acceptors (Lipinski definition) is 7. The minimum atomic E-state index is 0.183. The number of nitrogens with two attached hydrogens (primary N) is 2. The maximum absolute atomic E-state index is 5.87. The van der Waals surface area contributed by atoms with Crippen LogP contribution in [0.3, 0.4) is 0 Å². The van der Waals surface area contributed by atoms with Gasteiger partial charge >= 0.3 is 0 Å². The molecule has 29 heavy (non-hydrogen) atoms. The van der Waals surface area contributed by atoms with Crippen molar-refractivity contribution >= 4 is 18.0 Å². The number of anilines is 2. The van der Waals surface area contributed by atoms with Gasteiger partial charge in [-0.15, -0.1) is 5.10 Å². The second-order valence-electron chi connectivity index (χ2n) is 8.04. The Morgan fingerprint density at radius 3 is 2.17 bits per heavy atom. The standard InChI is InChI=1S/C21H32N8/c1-26-13-15-28(16-14-26)19(27-11-3-2-4-12-27)10-7-17-5-8-18(9-6-17)29-21(23)24-20(22)25-29/h5-10,19H,2-4,11-16H2,1H3,(H4,22,23,24,25). The van der Waals surface area contributed by atoms with Gasteiger partial charge in [0.15, 0.2) is 0 Å². The van der Waals surface area contributed by atoms with Crippen molar-refractivity contribution in [3.05, 3.63) is 35.9 Å². The number of nitrogen functional groups attached to an aromatic ring is 2. The molecule has 8 heteroatoms. The summed E-state index contributed by atoms with van der Waals surface area (Å²) in [6.07, 6.45) is 8.93. The van der Waals surface area contributed by atoms with Gasteiger partial charge < -0.3 is 16.4 Å². The highest BCUT2D eigenvalue weighted by Gasteiger charge is 2.26. The molecule has 2 aromatic rings. The molecule has 0 spiro atoms. The van der Waals surface area contributed by atoms with Crippen LogP contribution in [0.5, 0.6) is 0 Å². The van der Waals surface area contributed by atoms with Gasteiger partial charge in [-0.3, -0.25) is 9.80 Å². The van der Waals surface area contributed by atoms with Crippen molar-refractivity contribution in [3.8, 4) is 5.69 Å². The minimum absolute atomic E-state index is 0.183. The number of likely N-dealkylation sites (N-methyl/N-ethyl adjacent to an activating group) is 1. The van der Waals surface area contributed by atoms with Crippen molar-refractivity contribution in [2.24, 2.45) is 0 Å². The van der Waals surface area contributed by atoms with Crippen LogP contribution in [0.1, 0.15) is 24.8 Å². The predicted octanol–water partition coefficient (Wildman–Crippen LogP) is 1.50. The van der Waals surface area contributed by atoms with E-state index in [9.17, 15) is 0 Å². The first kappa shape index (κ1) is 19.9. The highest BCUT2D eigenvalue weighted by molar-refractivity contribution is 5.53. The van der Waals surface area contributed by atoms with Gasteiger partial charge in [-0.25, -0.2) is 0 Å². The summed E-state index contributed by atoms with van der Waals surface area (Å²) in [5, 5.41) is 4.14. The van der Waals surface area contributed by atoms with E-state index in [4.69, 9.17) is 11.5 Å². The molecule has 2 saturated heterocycles. The Hall–Kier alpha value is -2.42. The molecule has 0 bridgehead atoms. The van der Waals surface area contributed by atoms with Gasteiger partial charge in [0, 0.05) is 26.2 Å². The zero-order valence-corrected chi connectivity index (χ0v) is 17.2.